The van der Waals surface area contributed by atoms with Crippen LogP contribution in [-0.4, -0.2) is 21.7 Å². The van der Waals surface area contributed by atoms with Crippen LogP contribution in [0.2, 0.25) is 0 Å². The maximum atomic E-state index is 13.2. The van der Waals surface area contributed by atoms with E-state index in [1.54, 1.807) is 37.4 Å². The first kappa shape index (κ1) is 14.9. The van der Waals surface area contributed by atoms with Crippen LogP contribution in [0.25, 0.3) is 5.69 Å². The highest BCUT2D eigenvalue weighted by Crippen LogP contribution is 2.36. The van der Waals surface area contributed by atoms with Crippen LogP contribution in [0.1, 0.15) is 21.3 Å². The third-order valence-electron chi connectivity index (χ3n) is 4.21. The van der Waals surface area contributed by atoms with E-state index in [9.17, 15) is 9.00 Å². The van der Waals surface area contributed by atoms with Crippen molar-refractivity contribution in [3.05, 3.63) is 78.1 Å². The Kier molecular flexibility index (Phi) is 3.58. The average molecular weight is 337 g/mol. The summed E-state index contributed by atoms with van der Waals surface area (Å²) in [5.74, 6) is 0.564. The lowest BCUT2D eigenvalue weighted by Crippen LogP contribution is -2.17. The van der Waals surface area contributed by atoms with Crippen molar-refractivity contribution < 1.29 is 13.7 Å². The SMILES string of the molecule is COc1ccc([C@H]2C(=O)c3cccn3-c3ccccc3[S@@]2=O)cc1. The number of fused-ring (bicyclic) bond motifs is 3. The zero-order chi connectivity index (χ0) is 16.7. The van der Waals surface area contributed by atoms with Gasteiger partial charge in [-0.3, -0.25) is 9.00 Å². The molecule has 2 aromatic carbocycles. The molecule has 0 fully saturated rings. The molecule has 0 saturated carbocycles. The zero-order valence-corrected chi connectivity index (χ0v) is 13.8. The van der Waals surface area contributed by atoms with Crippen LogP contribution in [-0.2, 0) is 10.8 Å². The number of carbonyl (C=O) groups excluding carboxylic acids is 1. The van der Waals surface area contributed by atoms with E-state index < -0.39 is 16.0 Å². The first-order chi connectivity index (χ1) is 11.7. The molecule has 0 unspecified atom stereocenters. The molecule has 0 radical (unpaired) electrons. The Bertz CT molecular complexity index is 943. The molecule has 1 aliphatic heterocycles. The number of aromatic nitrogens is 1. The fraction of sp³-hybridized carbons (Fsp3) is 0.105. The van der Waals surface area contributed by atoms with E-state index in [1.807, 2.05) is 41.1 Å². The van der Waals surface area contributed by atoms with E-state index in [-0.39, 0.29) is 5.78 Å². The summed E-state index contributed by atoms with van der Waals surface area (Å²) in [6.07, 6.45) is 1.83. The maximum absolute atomic E-state index is 13.2. The van der Waals surface area contributed by atoms with Gasteiger partial charge in [0.1, 0.15) is 11.0 Å². The molecule has 120 valence electrons. The first-order valence-corrected chi connectivity index (χ1v) is 8.77. The Labute approximate surface area is 142 Å². The first-order valence-electron chi connectivity index (χ1n) is 7.56. The molecular weight excluding hydrogens is 322 g/mol. The summed E-state index contributed by atoms with van der Waals surface area (Å²) in [6.45, 7) is 0. The fourth-order valence-electron chi connectivity index (χ4n) is 3.03. The van der Waals surface area contributed by atoms with Gasteiger partial charge >= 0.3 is 0 Å². The number of rotatable bonds is 2. The van der Waals surface area contributed by atoms with Crippen molar-refractivity contribution in [1.82, 2.24) is 4.57 Å². The van der Waals surface area contributed by atoms with Crippen molar-refractivity contribution >= 4 is 16.6 Å². The number of ketones is 1. The minimum Gasteiger partial charge on any atom is -0.497 e. The van der Waals surface area contributed by atoms with Crippen molar-refractivity contribution in [2.45, 2.75) is 10.1 Å². The van der Waals surface area contributed by atoms with Gasteiger partial charge in [-0.2, -0.15) is 0 Å². The van der Waals surface area contributed by atoms with Crippen molar-refractivity contribution in [3.8, 4) is 11.4 Å². The molecule has 0 amide bonds. The molecule has 1 aromatic heterocycles. The van der Waals surface area contributed by atoms with E-state index in [4.69, 9.17) is 4.74 Å². The standard InChI is InChI=1S/C19H15NO3S/c1-23-14-10-8-13(9-11-14)19-18(21)16-6-4-12-20(16)15-5-2-3-7-17(15)24(19)22/h2-12,19H,1H3/t19-,24-/m0/s1. The Hall–Kier alpha value is -2.66. The second-order valence-corrected chi connectivity index (χ2v) is 7.05. The molecule has 0 spiro atoms. The predicted molar refractivity (Wildman–Crippen MR) is 92.2 cm³/mol. The molecule has 3 aromatic rings. The molecule has 2 heterocycles. The van der Waals surface area contributed by atoms with Gasteiger partial charge in [-0.1, -0.05) is 24.3 Å². The second kappa shape index (κ2) is 5.76. The molecule has 0 saturated heterocycles. The molecule has 1 aliphatic rings. The lowest BCUT2D eigenvalue weighted by atomic mass is 10.1. The van der Waals surface area contributed by atoms with Crippen LogP contribution in [0, 0.1) is 0 Å². The molecule has 24 heavy (non-hydrogen) atoms. The molecule has 2 atom stereocenters. The third kappa shape index (κ3) is 2.20. The van der Waals surface area contributed by atoms with Crippen LogP contribution in [0.3, 0.4) is 0 Å². The van der Waals surface area contributed by atoms with E-state index in [0.29, 0.717) is 16.3 Å². The number of ether oxygens (including phenoxy) is 1. The van der Waals surface area contributed by atoms with Crippen LogP contribution in [0.4, 0.5) is 0 Å². The van der Waals surface area contributed by atoms with Crippen LogP contribution < -0.4 is 4.74 Å². The third-order valence-corrected chi connectivity index (χ3v) is 5.91. The maximum Gasteiger partial charge on any atom is 0.199 e. The predicted octanol–water partition coefficient (Wildman–Crippen LogP) is 3.53. The van der Waals surface area contributed by atoms with Crippen LogP contribution in [0.15, 0.2) is 71.8 Å². The highest BCUT2D eigenvalue weighted by Gasteiger charge is 2.35. The topological polar surface area (TPSA) is 48.3 Å². The lowest BCUT2D eigenvalue weighted by molar-refractivity contribution is 0.0982. The summed E-state index contributed by atoms with van der Waals surface area (Å²) in [5.41, 5.74) is 2.07. The average Bonchev–Trinajstić information content (AvgIpc) is 3.09. The summed E-state index contributed by atoms with van der Waals surface area (Å²) >= 11 is 0. The van der Waals surface area contributed by atoms with E-state index in [0.717, 1.165) is 11.3 Å². The summed E-state index contributed by atoms with van der Waals surface area (Å²) in [7, 11) is 0.115. The molecule has 0 N–H and O–H groups in total. The summed E-state index contributed by atoms with van der Waals surface area (Å²) in [4.78, 5) is 13.8. The Morgan fingerprint density at radius 3 is 2.50 bits per heavy atom. The van der Waals surface area contributed by atoms with E-state index in [2.05, 4.69) is 0 Å². The number of nitrogens with zero attached hydrogens (tertiary/aromatic N) is 1. The molecule has 4 rings (SSSR count). The molecule has 4 nitrogen and oxygen atoms in total. The Morgan fingerprint density at radius 2 is 1.75 bits per heavy atom. The monoisotopic (exact) mass is 337 g/mol. The van der Waals surface area contributed by atoms with Gasteiger partial charge in [0.15, 0.2) is 5.78 Å². The highest BCUT2D eigenvalue weighted by atomic mass is 32.2. The smallest absolute Gasteiger partial charge is 0.199 e. The van der Waals surface area contributed by atoms with Gasteiger partial charge in [0.05, 0.1) is 34.2 Å². The van der Waals surface area contributed by atoms with Crippen molar-refractivity contribution in [2.75, 3.05) is 7.11 Å². The molecular formula is C19H15NO3S. The number of para-hydroxylation sites is 1. The number of Topliss-reactive ketones (excluding diaryl/α,β-unsaturated/α-hetero) is 1. The van der Waals surface area contributed by atoms with Crippen molar-refractivity contribution in [3.63, 3.8) is 0 Å². The quantitative estimate of drug-likeness (QED) is 0.719. The molecule has 0 aliphatic carbocycles. The van der Waals surface area contributed by atoms with Gasteiger partial charge in [-0.05, 0) is 42.0 Å². The van der Waals surface area contributed by atoms with E-state index in [1.165, 1.54) is 0 Å². The molecule has 5 heteroatoms. The van der Waals surface area contributed by atoms with Gasteiger partial charge in [0, 0.05) is 6.20 Å². The Balaban J connectivity index is 1.92. The Morgan fingerprint density at radius 1 is 1.00 bits per heavy atom. The van der Waals surface area contributed by atoms with Gasteiger partial charge in [-0.25, -0.2) is 0 Å². The molecule has 0 bridgehead atoms. The van der Waals surface area contributed by atoms with Gasteiger partial charge in [0.2, 0.25) is 0 Å². The number of methoxy groups -OCH3 is 1. The van der Waals surface area contributed by atoms with Crippen molar-refractivity contribution in [2.24, 2.45) is 0 Å². The highest BCUT2D eigenvalue weighted by molar-refractivity contribution is 7.86. The second-order valence-electron chi connectivity index (χ2n) is 5.55. The van der Waals surface area contributed by atoms with Crippen LogP contribution >= 0.6 is 0 Å². The summed E-state index contributed by atoms with van der Waals surface area (Å²) in [6, 6.07) is 18.2. The number of carbonyl (C=O) groups is 1. The van der Waals surface area contributed by atoms with Gasteiger partial charge < -0.3 is 9.30 Å². The zero-order valence-electron chi connectivity index (χ0n) is 13.0. The minimum atomic E-state index is -1.48. The van der Waals surface area contributed by atoms with Crippen LogP contribution in [0.5, 0.6) is 5.75 Å². The number of hydrogen-bond donors (Lipinski definition) is 0. The normalized spacial score (nSPS) is 19.3. The fourth-order valence-corrected chi connectivity index (χ4v) is 4.59. The number of benzene rings is 2. The minimum absolute atomic E-state index is 0.139. The van der Waals surface area contributed by atoms with Crippen molar-refractivity contribution in [1.29, 1.82) is 0 Å². The lowest BCUT2D eigenvalue weighted by Gasteiger charge is -2.14. The number of hydrogen-bond acceptors (Lipinski definition) is 3. The summed E-state index contributed by atoms with van der Waals surface area (Å²) in [5, 5.41) is -0.729. The van der Waals surface area contributed by atoms with Gasteiger partial charge in [0.25, 0.3) is 0 Å². The largest absolute Gasteiger partial charge is 0.497 e. The summed E-state index contributed by atoms with van der Waals surface area (Å²) < 4.78 is 20.2. The van der Waals surface area contributed by atoms with E-state index >= 15 is 0 Å². The van der Waals surface area contributed by atoms with Gasteiger partial charge in [-0.15, -0.1) is 0 Å².